The number of hydrogen-bond acceptors (Lipinski definition) is 4. The first-order valence-electron chi connectivity index (χ1n) is 5.28. The summed E-state index contributed by atoms with van der Waals surface area (Å²) in [6.07, 6.45) is 0. The van der Waals surface area contributed by atoms with Crippen LogP contribution in [0.5, 0.6) is 5.75 Å². The highest BCUT2D eigenvalue weighted by Gasteiger charge is 2.17. The number of rotatable bonds is 4. The van der Waals surface area contributed by atoms with Gasteiger partial charge in [0.15, 0.2) is 0 Å². The first-order valence-corrected chi connectivity index (χ1v) is 5.28. The van der Waals surface area contributed by atoms with E-state index in [1.165, 1.54) is 0 Å². The summed E-state index contributed by atoms with van der Waals surface area (Å²) in [5, 5.41) is 3.05. The smallest absolute Gasteiger partial charge is 0.129 e. The van der Waals surface area contributed by atoms with Crippen LogP contribution in [0.25, 0.3) is 0 Å². The van der Waals surface area contributed by atoms with Crippen molar-refractivity contribution in [2.24, 2.45) is 4.99 Å². The lowest BCUT2D eigenvalue weighted by atomic mass is 10.0. The predicted octanol–water partition coefficient (Wildman–Crippen LogP) is 2.66. The number of aliphatic imine (C=N–C) groups is 1. The molecule has 0 fully saturated rings. The summed E-state index contributed by atoms with van der Waals surface area (Å²) >= 11 is 0. The Morgan fingerprint density at radius 3 is 2.44 bits per heavy atom. The van der Waals surface area contributed by atoms with Crippen molar-refractivity contribution in [3.05, 3.63) is 11.1 Å². The molecule has 16 heavy (non-hydrogen) atoms. The lowest BCUT2D eigenvalue weighted by Gasteiger charge is -2.19. The number of nitrogens with one attached hydrogen (secondary N) is 1. The summed E-state index contributed by atoms with van der Waals surface area (Å²) in [5.41, 5.74) is 10.2. The van der Waals surface area contributed by atoms with Crippen LogP contribution < -0.4 is 15.8 Å². The second kappa shape index (κ2) is 4.88. The monoisotopic (exact) mass is 221 g/mol. The van der Waals surface area contributed by atoms with Crippen molar-refractivity contribution in [1.82, 2.24) is 0 Å². The molecule has 4 heteroatoms. The molecule has 0 aromatic heterocycles. The van der Waals surface area contributed by atoms with Gasteiger partial charge in [-0.05, 0) is 27.5 Å². The van der Waals surface area contributed by atoms with Crippen molar-refractivity contribution in [3.63, 3.8) is 0 Å². The van der Waals surface area contributed by atoms with Crippen LogP contribution in [-0.4, -0.2) is 20.4 Å². The van der Waals surface area contributed by atoms with E-state index in [2.05, 4.69) is 17.0 Å². The van der Waals surface area contributed by atoms with E-state index >= 15 is 0 Å². The van der Waals surface area contributed by atoms with Crippen LogP contribution in [0.1, 0.15) is 18.1 Å². The van der Waals surface area contributed by atoms with Gasteiger partial charge in [-0.15, -0.1) is 0 Å². The maximum Gasteiger partial charge on any atom is 0.129 e. The Hall–Kier alpha value is -1.71. The molecule has 0 aliphatic heterocycles. The summed E-state index contributed by atoms with van der Waals surface area (Å²) in [6, 6.07) is 0. The molecular weight excluding hydrogens is 202 g/mol. The van der Waals surface area contributed by atoms with E-state index in [1.807, 2.05) is 27.8 Å². The van der Waals surface area contributed by atoms with E-state index in [0.717, 1.165) is 28.3 Å². The largest absolute Gasteiger partial charge is 0.493 e. The lowest BCUT2D eigenvalue weighted by molar-refractivity contribution is 0.336. The van der Waals surface area contributed by atoms with Gasteiger partial charge in [0, 0.05) is 18.2 Å². The molecule has 0 saturated heterocycles. The fourth-order valence-corrected chi connectivity index (χ4v) is 1.83. The van der Waals surface area contributed by atoms with Gasteiger partial charge in [-0.2, -0.15) is 0 Å². The molecule has 1 aromatic carbocycles. The molecular formula is C12H19N3O. The Morgan fingerprint density at radius 1 is 1.38 bits per heavy atom. The van der Waals surface area contributed by atoms with Crippen molar-refractivity contribution < 1.29 is 4.74 Å². The van der Waals surface area contributed by atoms with Gasteiger partial charge in [0.05, 0.1) is 23.7 Å². The van der Waals surface area contributed by atoms with Gasteiger partial charge < -0.3 is 15.8 Å². The molecule has 4 nitrogen and oxygen atoms in total. The van der Waals surface area contributed by atoms with Gasteiger partial charge in [-0.3, -0.25) is 4.99 Å². The Morgan fingerprint density at radius 2 is 2.00 bits per heavy atom. The molecule has 1 aromatic rings. The highest BCUT2D eigenvalue weighted by atomic mass is 16.5. The molecule has 0 amide bonds. The van der Waals surface area contributed by atoms with Gasteiger partial charge >= 0.3 is 0 Å². The molecule has 0 radical (unpaired) electrons. The number of nitrogens with two attached hydrogens (primary N) is 1. The Balaban J connectivity index is 3.55. The Bertz CT molecular complexity index is 413. The third-order valence-electron chi connectivity index (χ3n) is 2.64. The summed E-state index contributed by atoms with van der Waals surface area (Å²) in [7, 11) is 1.82. The molecule has 1 rings (SSSR count). The molecule has 88 valence electrons. The van der Waals surface area contributed by atoms with Gasteiger partial charge in [0.1, 0.15) is 5.75 Å². The zero-order valence-electron chi connectivity index (χ0n) is 10.3. The number of nitrogen functional groups attached to an aromatic ring is 1. The first kappa shape index (κ1) is 12.4. The fourth-order valence-electron chi connectivity index (χ4n) is 1.83. The van der Waals surface area contributed by atoms with Crippen LogP contribution in [0, 0.1) is 13.8 Å². The van der Waals surface area contributed by atoms with E-state index in [4.69, 9.17) is 10.5 Å². The molecule has 0 aliphatic carbocycles. The van der Waals surface area contributed by atoms with Crippen molar-refractivity contribution >= 4 is 23.8 Å². The number of anilines is 2. The van der Waals surface area contributed by atoms with Crippen LogP contribution in [0.2, 0.25) is 0 Å². The zero-order chi connectivity index (χ0) is 12.3. The van der Waals surface area contributed by atoms with Crippen molar-refractivity contribution in [1.29, 1.82) is 0 Å². The number of ether oxygens (including phenoxy) is 1. The molecule has 0 spiro atoms. The fraction of sp³-hybridized carbons (Fsp3) is 0.417. The minimum absolute atomic E-state index is 0.608. The molecule has 0 atom stereocenters. The lowest BCUT2D eigenvalue weighted by Crippen LogP contribution is -2.04. The van der Waals surface area contributed by atoms with E-state index in [1.54, 1.807) is 0 Å². The van der Waals surface area contributed by atoms with Gasteiger partial charge in [0.2, 0.25) is 0 Å². The van der Waals surface area contributed by atoms with Crippen LogP contribution >= 0.6 is 0 Å². The Kier molecular flexibility index (Phi) is 3.77. The van der Waals surface area contributed by atoms with Crippen molar-refractivity contribution in [2.45, 2.75) is 20.8 Å². The van der Waals surface area contributed by atoms with E-state index in [0.29, 0.717) is 12.3 Å². The van der Waals surface area contributed by atoms with Crippen LogP contribution in [0.4, 0.5) is 17.1 Å². The molecule has 0 unspecified atom stereocenters. The highest BCUT2D eigenvalue weighted by Crippen LogP contribution is 2.43. The molecule has 0 bridgehead atoms. The average molecular weight is 221 g/mol. The van der Waals surface area contributed by atoms with Crippen LogP contribution in [0.15, 0.2) is 4.99 Å². The van der Waals surface area contributed by atoms with Crippen molar-refractivity contribution in [3.8, 4) is 5.75 Å². The van der Waals surface area contributed by atoms with Crippen LogP contribution in [0.3, 0.4) is 0 Å². The van der Waals surface area contributed by atoms with E-state index in [-0.39, 0.29) is 0 Å². The second-order valence-corrected chi connectivity index (χ2v) is 3.56. The summed E-state index contributed by atoms with van der Waals surface area (Å²) in [5.74, 6) is 0.807. The van der Waals surface area contributed by atoms with Gasteiger partial charge in [-0.25, -0.2) is 0 Å². The minimum Gasteiger partial charge on any atom is -0.493 e. The molecule has 0 saturated carbocycles. The first-order chi connectivity index (χ1) is 7.58. The third-order valence-corrected chi connectivity index (χ3v) is 2.64. The van der Waals surface area contributed by atoms with E-state index < -0.39 is 0 Å². The predicted molar refractivity (Wildman–Crippen MR) is 70.3 cm³/mol. The summed E-state index contributed by atoms with van der Waals surface area (Å²) in [4.78, 5) is 4.01. The normalized spacial score (nSPS) is 10.0. The van der Waals surface area contributed by atoms with E-state index in [9.17, 15) is 0 Å². The number of hydrogen-bond donors (Lipinski definition) is 2. The summed E-state index contributed by atoms with van der Waals surface area (Å²) in [6.45, 7) is 10.0. The number of benzene rings is 1. The maximum absolute atomic E-state index is 6.04. The quantitative estimate of drug-likeness (QED) is 0.607. The maximum atomic E-state index is 6.04. The van der Waals surface area contributed by atoms with Crippen molar-refractivity contribution in [2.75, 3.05) is 24.7 Å². The van der Waals surface area contributed by atoms with Gasteiger partial charge in [-0.1, -0.05) is 0 Å². The number of nitrogens with zero attached hydrogens (tertiary/aromatic N) is 1. The molecule has 0 aliphatic rings. The van der Waals surface area contributed by atoms with Crippen LogP contribution in [-0.2, 0) is 0 Å². The zero-order valence-corrected chi connectivity index (χ0v) is 10.3. The highest BCUT2D eigenvalue weighted by molar-refractivity contribution is 5.87. The SMILES string of the molecule is C=Nc1c(C)c(OCC)c(C)c(N)c1NC. The average Bonchev–Trinajstić information content (AvgIpc) is 2.29. The third kappa shape index (κ3) is 1.83. The Labute approximate surface area is 96.5 Å². The molecule has 3 N–H and O–H groups in total. The second-order valence-electron chi connectivity index (χ2n) is 3.56. The minimum atomic E-state index is 0.608. The summed E-state index contributed by atoms with van der Waals surface area (Å²) < 4.78 is 5.59. The topological polar surface area (TPSA) is 59.6 Å². The molecule has 0 heterocycles. The van der Waals surface area contributed by atoms with Gasteiger partial charge in [0.25, 0.3) is 0 Å². The standard InChI is InChI=1S/C12H19N3O/c1-6-16-12-7(2)9(13)11(15-5)10(14-4)8(12)3/h15H,4,6,13H2,1-3,5H3.